The topological polar surface area (TPSA) is 43.1 Å². The summed E-state index contributed by atoms with van der Waals surface area (Å²) in [6.45, 7) is 1.75. The van der Waals surface area contributed by atoms with Gasteiger partial charge in [-0.25, -0.2) is 0 Å². The van der Waals surface area contributed by atoms with E-state index in [0.717, 1.165) is 5.56 Å². The third kappa shape index (κ3) is 1.92. The van der Waals surface area contributed by atoms with E-state index in [9.17, 15) is 10.1 Å². The molecule has 0 spiro atoms. The van der Waals surface area contributed by atoms with Crippen LogP contribution in [0.4, 0.5) is 5.69 Å². The number of rotatable bonds is 2. The summed E-state index contributed by atoms with van der Waals surface area (Å²) < 4.78 is 0. The first-order valence-electron chi connectivity index (χ1n) is 3.49. The van der Waals surface area contributed by atoms with Crippen molar-refractivity contribution in [1.82, 2.24) is 0 Å². The zero-order valence-corrected chi connectivity index (χ0v) is 6.65. The number of allylic oxidation sites excluding steroid dienone is 1. The van der Waals surface area contributed by atoms with Crippen molar-refractivity contribution >= 4 is 11.8 Å². The van der Waals surface area contributed by atoms with Crippen LogP contribution in [0, 0.1) is 16.2 Å². The molecule has 0 bridgehead atoms. The molecule has 12 heavy (non-hydrogen) atoms. The summed E-state index contributed by atoms with van der Waals surface area (Å²) in [5.74, 6) is 0. The van der Waals surface area contributed by atoms with Gasteiger partial charge in [-0.3, -0.25) is 10.1 Å². The zero-order valence-electron chi connectivity index (χ0n) is 6.65. The summed E-state index contributed by atoms with van der Waals surface area (Å²) in [6.07, 6.45) is 4.50. The molecule has 0 aliphatic heterocycles. The van der Waals surface area contributed by atoms with E-state index in [0.29, 0.717) is 0 Å². The minimum atomic E-state index is -0.410. The average molecular weight is 162 g/mol. The molecule has 1 aromatic rings. The molecule has 0 aromatic heterocycles. The molecule has 0 atom stereocenters. The van der Waals surface area contributed by atoms with E-state index in [1.165, 1.54) is 12.1 Å². The Labute approximate surface area is 70.5 Å². The van der Waals surface area contributed by atoms with Crippen molar-refractivity contribution in [3.63, 3.8) is 0 Å². The van der Waals surface area contributed by atoms with E-state index in [2.05, 4.69) is 6.08 Å². The number of nitro groups is 1. The highest BCUT2D eigenvalue weighted by Gasteiger charge is 2.02. The van der Waals surface area contributed by atoms with Crippen LogP contribution < -0.4 is 0 Å². The molecule has 0 heterocycles. The Morgan fingerprint density at radius 3 is 2.92 bits per heavy atom. The van der Waals surface area contributed by atoms with Crippen molar-refractivity contribution in [3.8, 4) is 0 Å². The predicted octanol–water partition coefficient (Wildman–Crippen LogP) is 2.43. The molecule has 0 unspecified atom stereocenters. The fourth-order valence-corrected chi connectivity index (χ4v) is 0.895. The average Bonchev–Trinajstić information content (AvgIpc) is 2.05. The Hall–Kier alpha value is -1.64. The summed E-state index contributed by atoms with van der Waals surface area (Å²) in [5.41, 5.74) is 0.908. The first-order valence-corrected chi connectivity index (χ1v) is 3.49. The zero-order chi connectivity index (χ0) is 8.97. The van der Waals surface area contributed by atoms with E-state index in [1.54, 1.807) is 25.1 Å². The van der Waals surface area contributed by atoms with Crippen LogP contribution in [0.3, 0.4) is 0 Å². The summed E-state index contributed by atoms with van der Waals surface area (Å²) in [4.78, 5) is 9.92. The summed E-state index contributed by atoms with van der Waals surface area (Å²) in [6, 6.07) is 6.42. The summed E-state index contributed by atoms with van der Waals surface area (Å²) >= 11 is 0. The van der Waals surface area contributed by atoms with Gasteiger partial charge in [-0.1, -0.05) is 18.2 Å². The lowest BCUT2D eigenvalue weighted by Crippen LogP contribution is -1.87. The molecule has 1 rings (SSSR count). The molecule has 1 aromatic carbocycles. The Morgan fingerprint density at radius 1 is 1.58 bits per heavy atom. The third-order valence-electron chi connectivity index (χ3n) is 1.39. The lowest BCUT2D eigenvalue weighted by molar-refractivity contribution is -0.384. The monoisotopic (exact) mass is 162 g/mol. The van der Waals surface area contributed by atoms with Gasteiger partial charge in [0.25, 0.3) is 5.69 Å². The molecule has 0 aliphatic rings. The van der Waals surface area contributed by atoms with Crippen molar-refractivity contribution in [2.75, 3.05) is 0 Å². The quantitative estimate of drug-likeness (QED) is 0.495. The van der Waals surface area contributed by atoms with E-state index < -0.39 is 4.92 Å². The summed E-state index contributed by atoms with van der Waals surface area (Å²) in [7, 11) is 0. The number of nitrogens with zero attached hydrogens (tertiary/aromatic N) is 1. The van der Waals surface area contributed by atoms with Gasteiger partial charge in [0.1, 0.15) is 0 Å². The van der Waals surface area contributed by atoms with Crippen molar-refractivity contribution in [3.05, 3.63) is 46.0 Å². The Kier molecular flexibility index (Phi) is 2.58. The predicted molar refractivity (Wildman–Crippen MR) is 46.5 cm³/mol. The fourth-order valence-electron chi connectivity index (χ4n) is 0.895. The largest absolute Gasteiger partial charge is 0.270 e. The molecular weight excluding hydrogens is 154 g/mol. The Balaban J connectivity index is 3.03. The van der Waals surface area contributed by atoms with E-state index >= 15 is 0 Å². The smallest absolute Gasteiger partial charge is 0.258 e. The molecule has 0 amide bonds. The van der Waals surface area contributed by atoms with Gasteiger partial charge in [-0.2, -0.15) is 0 Å². The van der Waals surface area contributed by atoms with Gasteiger partial charge in [0.2, 0.25) is 0 Å². The first-order chi connectivity index (χ1) is 5.74. The lowest BCUT2D eigenvalue weighted by atomic mass is 10.2. The third-order valence-corrected chi connectivity index (χ3v) is 1.39. The molecular formula is C9H8NO2. The van der Waals surface area contributed by atoms with E-state index in [4.69, 9.17) is 0 Å². The maximum atomic E-state index is 10.3. The highest BCUT2D eigenvalue weighted by Crippen LogP contribution is 2.13. The van der Waals surface area contributed by atoms with Crippen molar-refractivity contribution in [1.29, 1.82) is 0 Å². The first kappa shape index (κ1) is 8.46. The van der Waals surface area contributed by atoms with Crippen LogP contribution in [0.25, 0.3) is 6.08 Å². The van der Waals surface area contributed by atoms with Crippen molar-refractivity contribution in [2.45, 2.75) is 6.92 Å². The van der Waals surface area contributed by atoms with Crippen LogP contribution in [0.5, 0.6) is 0 Å². The Bertz CT molecular complexity index is 318. The SMILES string of the molecule is C/[C]=C/c1cccc([N+](=O)[O-])c1. The van der Waals surface area contributed by atoms with Crippen molar-refractivity contribution < 1.29 is 4.92 Å². The van der Waals surface area contributed by atoms with Gasteiger partial charge >= 0.3 is 0 Å². The van der Waals surface area contributed by atoms with Gasteiger partial charge < -0.3 is 0 Å². The maximum Gasteiger partial charge on any atom is 0.270 e. The molecule has 3 nitrogen and oxygen atoms in total. The highest BCUT2D eigenvalue weighted by molar-refractivity contribution is 5.51. The molecule has 0 fully saturated rings. The Morgan fingerprint density at radius 2 is 2.33 bits per heavy atom. The molecule has 0 N–H and O–H groups in total. The maximum absolute atomic E-state index is 10.3. The highest BCUT2D eigenvalue weighted by atomic mass is 16.6. The van der Waals surface area contributed by atoms with Crippen molar-refractivity contribution in [2.24, 2.45) is 0 Å². The van der Waals surface area contributed by atoms with Crippen LogP contribution >= 0.6 is 0 Å². The van der Waals surface area contributed by atoms with E-state index in [-0.39, 0.29) is 5.69 Å². The molecule has 1 radical (unpaired) electrons. The van der Waals surface area contributed by atoms with Gasteiger partial charge in [0.05, 0.1) is 4.92 Å². The lowest BCUT2D eigenvalue weighted by Gasteiger charge is -1.92. The van der Waals surface area contributed by atoms with Crippen LogP contribution in [-0.4, -0.2) is 4.92 Å². The van der Waals surface area contributed by atoms with Crippen LogP contribution in [0.1, 0.15) is 12.5 Å². The molecule has 0 saturated carbocycles. The molecule has 0 saturated heterocycles. The van der Waals surface area contributed by atoms with Gasteiger partial charge in [0.15, 0.2) is 0 Å². The number of nitro benzene ring substituents is 1. The van der Waals surface area contributed by atoms with Crippen LogP contribution in [0.15, 0.2) is 24.3 Å². The molecule has 3 heteroatoms. The second-order valence-corrected chi connectivity index (χ2v) is 2.29. The van der Waals surface area contributed by atoms with Gasteiger partial charge in [-0.05, 0) is 18.6 Å². The van der Waals surface area contributed by atoms with Crippen LogP contribution in [-0.2, 0) is 0 Å². The second kappa shape index (κ2) is 3.67. The summed E-state index contributed by atoms with van der Waals surface area (Å²) in [5, 5.41) is 10.3. The molecule has 0 aliphatic carbocycles. The van der Waals surface area contributed by atoms with Gasteiger partial charge in [-0.15, -0.1) is 0 Å². The minimum Gasteiger partial charge on any atom is -0.258 e. The number of non-ortho nitro benzene ring substituents is 1. The molecule has 61 valence electrons. The standard InChI is InChI=1S/C9H8NO2/c1-2-4-8-5-3-6-9(7-8)10(11)12/h3-7H,1H3. The normalized spacial score (nSPS) is 10.4. The van der Waals surface area contributed by atoms with Gasteiger partial charge in [0, 0.05) is 12.1 Å². The number of benzene rings is 1. The fraction of sp³-hybridized carbons (Fsp3) is 0.111. The number of hydrogen-bond donors (Lipinski definition) is 0. The van der Waals surface area contributed by atoms with Crippen LogP contribution in [0.2, 0.25) is 0 Å². The minimum absolute atomic E-state index is 0.110. The van der Waals surface area contributed by atoms with E-state index in [1.807, 2.05) is 0 Å². The number of hydrogen-bond acceptors (Lipinski definition) is 2. The second-order valence-electron chi connectivity index (χ2n) is 2.29.